The smallest absolute Gasteiger partial charge is 0.362 e. The summed E-state index contributed by atoms with van der Waals surface area (Å²) in [7, 11) is 5.51. The Morgan fingerprint density at radius 3 is 1.58 bits per heavy atom. The van der Waals surface area contributed by atoms with Crippen LogP contribution < -0.4 is 0 Å². The van der Waals surface area contributed by atoms with E-state index in [1.807, 2.05) is 27.2 Å². The lowest BCUT2D eigenvalue weighted by Gasteiger charge is -2.31. The summed E-state index contributed by atoms with van der Waals surface area (Å²) in [5.41, 5.74) is 0. The lowest BCUT2D eigenvalue weighted by molar-refractivity contribution is -0.887. The Bertz CT molecular complexity index is 953. The van der Waals surface area contributed by atoms with E-state index in [2.05, 4.69) is 44.2 Å². The molecule has 0 fully saturated rings. The van der Waals surface area contributed by atoms with E-state index in [0.29, 0.717) is 19.3 Å². The number of hydrogen-bond acceptors (Lipinski definition) is 6. The molecule has 52 heavy (non-hydrogen) atoms. The molecule has 302 valence electrons. The molecule has 0 aliphatic heterocycles. The maximum Gasteiger partial charge on any atom is 0.362 e. The van der Waals surface area contributed by atoms with Gasteiger partial charge < -0.3 is 23.8 Å². The summed E-state index contributed by atoms with van der Waals surface area (Å²) in [6.45, 7) is 4.58. The summed E-state index contributed by atoms with van der Waals surface area (Å²) >= 11 is 0. The fourth-order valence-electron chi connectivity index (χ4n) is 6.09. The van der Waals surface area contributed by atoms with E-state index in [-0.39, 0.29) is 36.2 Å². The molecule has 0 aromatic carbocycles. The van der Waals surface area contributed by atoms with Gasteiger partial charge in [0.15, 0.2) is 12.1 Å². The van der Waals surface area contributed by atoms with Gasteiger partial charge in [0.05, 0.1) is 34.4 Å². The number of aliphatic carboxylic acids is 1. The average Bonchev–Trinajstić information content (AvgIpc) is 3.09. The normalized spacial score (nSPS) is 13.3. The number of likely N-dealkylation sites (N-methyl/N-ethyl adjacent to an activating group) is 1. The summed E-state index contributed by atoms with van der Waals surface area (Å²) < 4.78 is 17.2. The van der Waals surface area contributed by atoms with Crippen molar-refractivity contribution in [3.63, 3.8) is 0 Å². The van der Waals surface area contributed by atoms with Gasteiger partial charge >= 0.3 is 17.9 Å². The van der Waals surface area contributed by atoms with Gasteiger partial charge in [-0.1, -0.05) is 159 Å². The van der Waals surface area contributed by atoms with Crippen molar-refractivity contribution in [3.05, 3.63) is 36.5 Å². The van der Waals surface area contributed by atoms with E-state index in [0.717, 1.165) is 64.2 Å². The first-order valence-corrected chi connectivity index (χ1v) is 21.1. The summed E-state index contributed by atoms with van der Waals surface area (Å²) in [6.07, 6.45) is 39.0. The summed E-state index contributed by atoms with van der Waals surface area (Å²) in [5.74, 6) is -1.49. The molecule has 0 saturated heterocycles. The van der Waals surface area contributed by atoms with Crippen LogP contribution in [0.2, 0.25) is 0 Å². The predicted octanol–water partition coefficient (Wildman–Crippen LogP) is 11.1. The van der Waals surface area contributed by atoms with Crippen LogP contribution in [0.4, 0.5) is 0 Å². The second-order valence-electron chi connectivity index (χ2n) is 15.3. The first-order valence-electron chi connectivity index (χ1n) is 21.1. The van der Waals surface area contributed by atoms with E-state index in [1.165, 1.54) is 77.0 Å². The van der Waals surface area contributed by atoms with Gasteiger partial charge in [0.2, 0.25) is 0 Å². The number of hydrogen-bond donors (Lipinski definition) is 1. The van der Waals surface area contributed by atoms with Crippen LogP contribution >= 0.6 is 0 Å². The Morgan fingerprint density at radius 1 is 0.596 bits per heavy atom. The zero-order valence-electron chi connectivity index (χ0n) is 34.3. The van der Waals surface area contributed by atoms with Crippen molar-refractivity contribution in [2.75, 3.05) is 41.0 Å². The number of carbonyl (C=O) groups excluding carboxylic acids is 2. The van der Waals surface area contributed by atoms with Gasteiger partial charge in [-0.15, -0.1) is 0 Å². The zero-order valence-corrected chi connectivity index (χ0v) is 34.3. The van der Waals surface area contributed by atoms with Crippen LogP contribution in [0.15, 0.2) is 36.5 Å². The Morgan fingerprint density at radius 2 is 1.08 bits per heavy atom. The maximum atomic E-state index is 12.7. The molecule has 0 aliphatic carbocycles. The third kappa shape index (κ3) is 33.4. The van der Waals surface area contributed by atoms with Crippen LogP contribution in [0.5, 0.6) is 0 Å². The van der Waals surface area contributed by atoms with E-state index in [9.17, 15) is 19.5 Å². The number of ether oxygens (including phenoxy) is 3. The number of unbranched alkanes of at least 4 members (excludes halogenated alkanes) is 19. The minimum absolute atomic E-state index is 0.0546. The second kappa shape index (κ2) is 35.6. The molecule has 0 heterocycles. The van der Waals surface area contributed by atoms with Crippen LogP contribution in [0, 0.1) is 0 Å². The summed E-state index contributed by atoms with van der Waals surface area (Å²) in [4.78, 5) is 36.9. The molecule has 8 nitrogen and oxygen atoms in total. The molecule has 0 aromatic rings. The van der Waals surface area contributed by atoms with Crippen LogP contribution in [-0.2, 0) is 28.6 Å². The van der Waals surface area contributed by atoms with Gasteiger partial charge in [-0.05, 0) is 32.1 Å². The lowest BCUT2D eigenvalue weighted by Crippen LogP contribution is -2.50. The largest absolute Gasteiger partial charge is 0.477 e. The highest BCUT2D eigenvalue weighted by Gasteiger charge is 2.31. The summed E-state index contributed by atoms with van der Waals surface area (Å²) in [5, 5.41) is 9.60. The van der Waals surface area contributed by atoms with E-state index in [4.69, 9.17) is 14.2 Å². The standard InChI is InChI=1S/C44H79NO7/c1-6-8-10-12-14-16-18-20-21-23-24-26-28-30-32-34-42(46)51-39-40(38-50-37-36-41(44(48)49)45(3,4)5)52-43(47)35-33-31-29-27-25-22-19-17-15-13-11-9-7-2/h9,11,13,15,17,19,40-41H,6-8,10,12,14,16,18,20-39H2,1-5H3/p+1/b11-9+,15-13+,19-17+. The quantitative estimate of drug-likeness (QED) is 0.0293. The number of esters is 2. The molecule has 2 unspecified atom stereocenters. The second-order valence-corrected chi connectivity index (χ2v) is 15.3. The lowest BCUT2D eigenvalue weighted by atomic mass is 10.0. The molecule has 1 N–H and O–H groups in total. The van der Waals surface area contributed by atoms with E-state index < -0.39 is 18.1 Å². The SMILES string of the molecule is CC/C=C/C=C/C=C/CCCCCCCC(=O)OC(COCCC(C(=O)O)[N+](C)(C)C)COC(=O)CCCCCCCCCCCCCCCCC. The minimum atomic E-state index is -0.879. The van der Waals surface area contributed by atoms with Crippen molar-refractivity contribution in [1.82, 2.24) is 0 Å². The van der Waals surface area contributed by atoms with Crippen molar-refractivity contribution in [2.24, 2.45) is 0 Å². The minimum Gasteiger partial charge on any atom is -0.477 e. The highest BCUT2D eigenvalue weighted by Crippen LogP contribution is 2.15. The molecule has 0 aromatic heterocycles. The van der Waals surface area contributed by atoms with E-state index >= 15 is 0 Å². The number of carbonyl (C=O) groups is 3. The Labute approximate surface area is 319 Å². The van der Waals surface area contributed by atoms with Crippen molar-refractivity contribution in [2.45, 2.75) is 187 Å². The first-order chi connectivity index (χ1) is 25.1. The van der Waals surface area contributed by atoms with Gasteiger partial charge in [0.1, 0.15) is 6.61 Å². The fourth-order valence-corrected chi connectivity index (χ4v) is 6.09. The Kier molecular flexibility index (Phi) is 33.9. The molecular formula is C44H80NO7+. The summed E-state index contributed by atoms with van der Waals surface area (Å²) in [6, 6.07) is -0.616. The van der Waals surface area contributed by atoms with Crippen LogP contribution in [-0.4, -0.2) is 80.6 Å². The molecular weight excluding hydrogens is 654 g/mol. The number of quaternary nitrogens is 1. The molecule has 0 rings (SSSR count). The number of nitrogens with zero attached hydrogens (tertiary/aromatic N) is 1. The third-order valence-corrected chi connectivity index (χ3v) is 9.37. The topological polar surface area (TPSA) is 99.1 Å². The number of carboxylic acid groups (broad SMARTS) is 1. The molecule has 0 aliphatic rings. The van der Waals surface area contributed by atoms with Gasteiger partial charge in [-0.25, -0.2) is 4.79 Å². The van der Waals surface area contributed by atoms with Gasteiger partial charge in [0, 0.05) is 19.3 Å². The Hall–Kier alpha value is -2.45. The van der Waals surface area contributed by atoms with Gasteiger partial charge in [-0.3, -0.25) is 9.59 Å². The van der Waals surface area contributed by atoms with Gasteiger partial charge in [0.25, 0.3) is 0 Å². The predicted molar refractivity (Wildman–Crippen MR) is 215 cm³/mol. The fraction of sp³-hybridized carbons (Fsp3) is 0.795. The molecule has 0 bridgehead atoms. The monoisotopic (exact) mass is 735 g/mol. The molecule has 0 radical (unpaired) electrons. The van der Waals surface area contributed by atoms with Crippen molar-refractivity contribution < 1.29 is 38.2 Å². The number of carboxylic acids is 1. The van der Waals surface area contributed by atoms with Gasteiger partial charge in [-0.2, -0.15) is 0 Å². The van der Waals surface area contributed by atoms with Crippen LogP contribution in [0.1, 0.15) is 174 Å². The molecule has 8 heteroatoms. The molecule has 0 spiro atoms. The van der Waals surface area contributed by atoms with Crippen LogP contribution in [0.3, 0.4) is 0 Å². The maximum absolute atomic E-state index is 12.7. The first kappa shape index (κ1) is 49.6. The molecule has 0 amide bonds. The van der Waals surface area contributed by atoms with Crippen LogP contribution in [0.25, 0.3) is 0 Å². The number of rotatable bonds is 37. The Balaban J connectivity index is 4.37. The highest BCUT2D eigenvalue weighted by molar-refractivity contribution is 5.72. The molecule has 0 saturated carbocycles. The number of allylic oxidation sites excluding steroid dienone is 6. The van der Waals surface area contributed by atoms with Crippen molar-refractivity contribution in [1.29, 1.82) is 0 Å². The average molecular weight is 735 g/mol. The van der Waals surface area contributed by atoms with E-state index in [1.54, 1.807) is 0 Å². The van der Waals surface area contributed by atoms with Crippen molar-refractivity contribution >= 4 is 17.9 Å². The molecule has 2 atom stereocenters. The zero-order chi connectivity index (χ0) is 38.5. The third-order valence-electron chi connectivity index (χ3n) is 9.37. The van der Waals surface area contributed by atoms with Crippen molar-refractivity contribution in [3.8, 4) is 0 Å². The highest BCUT2D eigenvalue weighted by atomic mass is 16.6.